The first kappa shape index (κ1) is 14.5. The molecule has 21 heavy (non-hydrogen) atoms. The topological polar surface area (TPSA) is 88.3 Å². The number of piperidine rings is 1. The van der Waals surface area contributed by atoms with Gasteiger partial charge in [-0.05, 0) is 32.2 Å². The molecular formula is C14H24N6O. The zero-order valence-corrected chi connectivity index (χ0v) is 12.5. The van der Waals surface area contributed by atoms with Gasteiger partial charge in [-0.3, -0.25) is 0 Å². The molecule has 2 saturated heterocycles. The maximum absolute atomic E-state index is 5.47. The molecule has 3 heterocycles. The summed E-state index contributed by atoms with van der Waals surface area (Å²) >= 11 is 0. The van der Waals surface area contributed by atoms with E-state index in [-0.39, 0.29) is 0 Å². The number of ether oxygens (including phenoxy) is 1. The molecule has 4 N–H and O–H groups in total. The van der Waals surface area contributed by atoms with Gasteiger partial charge in [0.25, 0.3) is 0 Å². The molecule has 0 aliphatic carbocycles. The van der Waals surface area contributed by atoms with Gasteiger partial charge in [-0.2, -0.15) is 0 Å². The summed E-state index contributed by atoms with van der Waals surface area (Å²) in [6, 6.07) is 3.06. The van der Waals surface area contributed by atoms with E-state index in [2.05, 4.69) is 25.6 Å². The van der Waals surface area contributed by atoms with E-state index in [0.717, 1.165) is 18.3 Å². The van der Waals surface area contributed by atoms with E-state index in [1.165, 1.54) is 32.4 Å². The Morgan fingerprint density at radius 1 is 1.33 bits per heavy atom. The molecule has 116 valence electrons. The van der Waals surface area contributed by atoms with Crippen LogP contribution in [0.1, 0.15) is 31.5 Å². The first-order valence-electron chi connectivity index (χ1n) is 7.62. The van der Waals surface area contributed by atoms with Crippen LogP contribution in [-0.2, 0) is 11.3 Å². The van der Waals surface area contributed by atoms with Crippen molar-refractivity contribution in [1.29, 1.82) is 0 Å². The van der Waals surface area contributed by atoms with Crippen LogP contribution in [0.5, 0.6) is 0 Å². The number of nitrogens with two attached hydrogens (primary N) is 1. The predicted octanol–water partition coefficient (Wildman–Crippen LogP) is 0.947. The largest absolute Gasteiger partial charge is 0.377 e. The van der Waals surface area contributed by atoms with Crippen molar-refractivity contribution in [2.24, 2.45) is 5.84 Å². The summed E-state index contributed by atoms with van der Waals surface area (Å²) in [6.45, 7) is 2.83. The Morgan fingerprint density at radius 2 is 2.19 bits per heavy atom. The van der Waals surface area contributed by atoms with E-state index in [1.54, 1.807) is 7.11 Å². The molecule has 1 aromatic rings. The summed E-state index contributed by atoms with van der Waals surface area (Å²) in [6.07, 6.45) is 5.01. The molecule has 1 aromatic heterocycles. The van der Waals surface area contributed by atoms with Gasteiger partial charge in [0.05, 0.1) is 0 Å². The lowest BCUT2D eigenvalue weighted by Crippen LogP contribution is -2.42. The SMILES string of the molecule is COCc1nc(NN)cc(NC2CCN3CCCC3C2)n1. The Kier molecular flexibility index (Phi) is 4.52. The summed E-state index contributed by atoms with van der Waals surface area (Å²) < 4.78 is 5.10. The van der Waals surface area contributed by atoms with Crippen molar-refractivity contribution in [1.82, 2.24) is 14.9 Å². The van der Waals surface area contributed by atoms with Gasteiger partial charge in [0.15, 0.2) is 5.82 Å². The van der Waals surface area contributed by atoms with E-state index in [4.69, 9.17) is 10.6 Å². The van der Waals surface area contributed by atoms with Gasteiger partial charge in [0.2, 0.25) is 0 Å². The van der Waals surface area contributed by atoms with Crippen LogP contribution in [-0.4, -0.2) is 47.2 Å². The quantitative estimate of drug-likeness (QED) is 0.550. The molecule has 0 saturated carbocycles. The van der Waals surface area contributed by atoms with Crippen LogP contribution in [0.3, 0.4) is 0 Å². The number of rotatable bonds is 5. The monoisotopic (exact) mass is 292 g/mol. The van der Waals surface area contributed by atoms with Crippen LogP contribution < -0.4 is 16.6 Å². The van der Waals surface area contributed by atoms with E-state index in [0.29, 0.717) is 24.3 Å². The number of hydrogen-bond donors (Lipinski definition) is 3. The Balaban J connectivity index is 1.67. The number of aromatic nitrogens is 2. The third kappa shape index (κ3) is 3.42. The molecule has 3 rings (SSSR count). The van der Waals surface area contributed by atoms with Gasteiger partial charge in [-0.25, -0.2) is 15.8 Å². The zero-order valence-electron chi connectivity index (χ0n) is 12.5. The van der Waals surface area contributed by atoms with Crippen LogP contribution in [0.4, 0.5) is 11.6 Å². The van der Waals surface area contributed by atoms with Crippen molar-refractivity contribution in [3.05, 3.63) is 11.9 Å². The van der Waals surface area contributed by atoms with Crippen LogP contribution in [0, 0.1) is 0 Å². The van der Waals surface area contributed by atoms with Gasteiger partial charge in [0.1, 0.15) is 18.2 Å². The normalized spacial score (nSPS) is 25.6. The molecule has 0 radical (unpaired) electrons. The Bertz CT molecular complexity index is 483. The van der Waals surface area contributed by atoms with Gasteiger partial charge >= 0.3 is 0 Å². The zero-order chi connectivity index (χ0) is 14.7. The van der Waals surface area contributed by atoms with Crippen molar-refractivity contribution in [3.63, 3.8) is 0 Å². The van der Waals surface area contributed by atoms with Crippen molar-refractivity contribution < 1.29 is 4.74 Å². The average molecular weight is 292 g/mol. The minimum Gasteiger partial charge on any atom is -0.377 e. The van der Waals surface area contributed by atoms with E-state index in [1.807, 2.05) is 6.07 Å². The lowest BCUT2D eigenvalue weighted by atomic mass is 9.97. The molecular weight excluding hydrogens is 268 g/mol. The van der Waals surface area contributed by atoms with Crippen molar-refractivity contribution in [2.45, 2.75) is 44.4 Å². The van der Waals surface area contributed by atoms with Crippen LogP contribution >= 0.6 is 0 Å². The smallest absolute Gasteiger partial charge is 0.158 e. The lowest BCUT2D eigenvalue weighted by Gasteiger charge is -2.35. The highest BCUT2D eigenvalue weighted by Crippen LogP contribution is 2.28. The molecule has 2 aliphatic heterocycles. The van der Waals surface area contributed by atoms with Crippen molar-refractivity contribution >= 4 is 11.6 Å². The second-order valence-electron chi connectivity index (χ2n) is 5.83. The molecule has 0 bridgehead atoms. The molecule has 7 nitrogen and oxygen atoms in total. The molecule has 0 spiro atoms. The summed E-state index contributed by atoms with van der Waals surface area (Å²) in [4.78, 5) is 11.4. The molecule has 2 atom stereocenters. The van der Waals surface area contributed by atoms with Gasteiger partial charge in [0, 0.05) is 31.8 Å². The maximum Gasteiger partial charge on any atom is 0.158 e. The second kappa shape index (κ2) is 6.55. The fraction of sp³-hybridized carbons (Fsp3) is 0.714. The van der Waals surface area contributed by atoms with Gasteiger partial charge in [-0.15, -0.1) is 0 Å². The number of methoxy groups -OCH3 is 1. The highest BCUT2D eigenvalue weighted by molar-refractivity contribution is 5.47. The molecule has 7 heteroatoms. The second-order valence-corrected chi connectivity index (χ2v) is 5.83. The maximum atomic E-state index is 5.47. The average Bonchev–Trinajstić information content (AvgIpc) is 2.95. The van der Waals surface area contributed by atoms with Gasteiger partial charge < -0.3 is 20.4 Å². The number of fused-ring (bicyclic) bond motifs is 1. The number of hydrogen-bond acceptors (Lipinski definition) is 7. The first-order valence-corrected chi connectivity index (χ1v) is 7.62. The Labute approximate surface area is 125 Å². The fourth-order valence-electron chi connectivity index (χ4n) is 3.40. The minimum atomic E-state index is 0.380. The van der Waals surface area contributed by atoms with E-state index < -0.39 is 0 Å². The summed E-state index contributed by atoms with van der Waals surface area (Å²) in [7, 11) is 1.63. The van der Waals surface area contributed by atoms with Crippen LogP contribution in [0.15, 0.2) is 6.07 Å². The molecule has 2 unspecified atom stereocenters. The number of nitrogen functional groups attached to an aromatic ring is 1. The summed E-state index contributed by atoms with van der Waals surface area (Å²) in [5.41, 5.74) is 2.59. The highest BCUT2D eigenvalue weighted by atomic mass is 16.5. The van der Waals surface area contributed by atoms with Gasteiger partial charge in [-0.1, -0.05) is 0 Å². The molecule has 2 aliphatic rings. The van der Waals surface area contributed by atoms with Crippen molar-refractivity contribution in [2.75, 3.05) is 30.9 Å². The van der Waals surface area contributed by atoms with E-state index in [9.17, 15) is 0 Å². The van der Waals surface area contributed by atoms with Crippen LogP contribution in [0.25, 0.3) is 0 Å². The first-order chi connectivity index (χ1) is 10.3. The minimum absolute atomic E-state index is 0.380. The third-order valence-electron chi connectivity index (χ3n) is 4.37. The standard InChI is InChI=1S/C14H24N6O/c1-21-9-14-17-12(8-13(18-14)19-15)16-10-4-6-20-5-2-3-11(20)7-10/h8,10-11H,2-7,9,15H2,1H3,(H2,16,17,18,19). The molecule has 0 amide bonds. The number of anilines is 2. The Morgan fingerprint density at radius 3 is 3.00 bits per heavy atom. The Hall–Kier alpha value is -1.44. The van der Waals surface area contributed by atoms with Crippen LogP contribution in [0.2, 0.25) is 0 Å². The fourth-order valence-corrected chi connectivity index (χ4v) is 3.40. The predicted molar refractivity (Wildman–Crippen MR) is 81.8 cm³/mol. The summed E-state index contributed by atoms with van der Waals surface area (Å²) in [5.74, 6) is 7.53. The summed E-state index contributed by atoms with van der Waals surface area (Å²) in [5, 5.41) is 3.54. The number of nitrogens with one attached hydrogen (secondary N) is 2. The molecule has 0 aromatic carbocycles. The highest BCUT2D eigenvalue weighted by Gasteiger charge is 2.31. The number of hydrazine groups is 1. The lowest BCUT2D eigenvalue weighted by molar-refractivity contribution is 0.177. The molecule has 2 fully saturated rings. The van der Waals surface area contributed by atoms with E-state index >= 15 is 0 Å². The van der Waals surface area contributed by atoms with Crippen molar-refractivity contribution in [3.8, 4) is 0 Å². The third-order valence-corrected chi connectivity index (χ3v) is 4.37. The number of nitrogens with zero attached hydrogens (tertiary/aromatic N) is 3.